The Labute approximate surface area is 213 Å². The summed E-state index contributed by atoms with van der Waals surface area (Å²) in [4.78, 5) is 40.6. The van der Waals surface area contributed by atoms with E-state index in [4.69, 9.17) is 16.3 Å². The van der Waals surface area contributed by atoms with Gasteiger partial charge in [0.15, 0.2) is 5.78 Å². The number of carboxylic acid groups (broad SMARTS) is 1. The van der Waals surface area contributed by atoms with E-state index in [1.807, 2.05) is 54.6 Å². The summed E-state index contributed by atoms with van der Waals surface area (Å²) in [6, 6.07) is 21.7. The number of benzene rings is 3. The van der Waals surface area contributed by atoms with E-state index in [1.165, 1.54) is 17.0 Å². The van der Waals surface area contributed by atoms with Crippen molar-refractivity contribution >= 4 is 34.9 Å². The summed E-state index contributed by atoms with van der Waals surface area (Å²) < 4.78 is 5.27. The molecule has 0 saturated heterocycles. The second kappa shape index (κ2) is 9.63. The lowest BCUT2D eigenvalue weighted by atomic mass is 9.72. The number of allylic oxidation sites excluding steroid dienone is 2. The Morgan fingerprint density at radius 1 is 0.944 bits per heavy atom. The van der Waals surface area contributed by atoms with E-state index in [2.05, 4.69) is 0 Å². The SMILES string of the molecule is COc1ccc(C2CC(=O)N(c3ccc(Cl)c(C(=O)O)c3)C3=C2C(=O)CC(c2ccccc2)C3)cc1. The topological polar surface area (TPSA) is 83.9 Å². The van der Waals surface area contributed by atoms with E-state index >= 15 is 0 Å². The highest BCUT2D eigenvalue weighted by Gasteiger charge is 2.42. The zero-order valence-corrected chi connectivity index (χ0v) is 20.4. The molecule has 5 rings (SSSR count). The highest BCUT2D eigenvalue weighted by atomic mass is 35.5. The van der Waals surface area contributed by atoms with Crippen molar-refractivity contribution in [2.45, 2.75) is 31.1 Å². The number of hydrogen-bond donors (Lipinski definition) is 1. The van der Waals surface area contributed by atoms with E-state index in [9.17, 15) is 19.5 Å². The molecule has 1 N–H and O–H groups in total. The second-order valence-corrected chi connectivity index (χ2v) is 9.43. The van der Waals surface area contributed by atoms with Crippen molar-refractivity contribution in [3.05, 3.63) is 106 Å². The maximum Gasteiger partial charge on any atom is 0.337 e. The van der Waals surface area contributed by atoms with E-state index < -0.39 is 5.97 Å². The second-order valence-electron chi connectivity index (χ2n) is 9.03. The molecule has 1 aliphatic carbocycles. The molecule has 2 atom stereocenters. The number of halogens is 1. The molecule has 0 bridgehead atoms. The van der Waals surface area contributed by atoms with Crippen LogP contribution in [0.4, 0.5) is 5.69 Å². The summed E-state index contributed by atoms with van der Waals surface area (Å²) in [5.74, 6) is -1.17. The zero-order chi connectivity index (χ0) is 25.4. The van der Waals surface area contributed by atoms with Gasteiger partial charge in [0.25, 0.3) is 0 Å². The van der Waals surface area contributed by atoms with Gasteiger partial charge in [-0.25, -0.2) is 4.79 Å². The van der Waals surface area contributed by atoms with Crippen LogP contribution >= 0.6 is 11.6 Å². The highest BCUT2D eigenvalue weighted by Crippen LogP contribution is 2.47. The molecule has 0 radical (unpaired) electrons. The van der Waals surface area contributed by atoms with Crippen LogP contribution in [0.15, 0.2) is 84.1 Å². The third kappa shape index (κ3) is 4.29. The molecule has 6 nitrogen and oxygen atoms in total. The quantitative estimate of drug-likeness (QED) is 0.465. The number of carboxylic acids is 1. The third-order valence-corrected chi connectivity index (χ3v) is 7.29. The number of anilines is 1. The first-order valence-electron chi connectivity index (χ1n) is 11.7. The van der Waals surface area contributed by atoms with Gasteiger partial charge in [-0.15, -0.1) is 0 Å². The van der Waals surface area contributed by atoms with Crippen LogP contribution in [-0.4, -0.2) is 29.9 Å². The summed E-state index contributed by atoms with van der Waals surface area (Å²) in [6.07, 6.45) is 0.922. The normalized spacial score (nSPS) is 19.8. The number of amides is 1. The molecule has 3 aromatic rings. The highest BCUT2D eigenvalue weighted by molar-refractivity contribution is 6.33. The average molecular weight is 502 g/mol. The van der Waals surface area contributed by atoms with Gasteiger partial charge in [0.2, 0.25) is 5.91 Å². The van der Waals surface area contributed by atoms with Gasteiger partial charge in [0.05, 0.1) is 17.7 Å². The van der Waals surface area contributed by atoms with Gasteiger partial charge >= 0.3 is 5.97 Å². The average Bonchev–Trinajstić information content (AvgIpc) is 2.89. The van der Waals surface area contributed by atoms with Crippen molar-refractivity contribution in [2.24, 2.45) is 0 Å². The largest absolute Gasteiger partial charge is 0.497 e. The van der Waals surface area contributed by atoms with Crippen LogP contribution in [0.1, 0.15) is 52.6 Å². The number of nitrogens with zero attached hydrogens (tertiary/aromatic N) is 1. The van der Waals surface area contributed by atoms with Gasteiger partial charge in [-0.3, -0.25) is 14.5 Å². The lowest BCUT2D eigenvalue weighted by molar-refractivity contribution is -0.120. The molecule has 1 aliphatic heterocycles. The minimum Gasteiger partial charge on any atom is -0.497 e. The fourth-order valence-corrected chi connectivity index (χ4v) is 5.43. The zero-order valence-electron chi connectivity index (χ0n) is 19.6. The first-order valence-corrected chi connectivity index (χ1v) is 12.1. The molecule has 1 amide bonds. The van der Waals surface area contributed by atoms with Crippen LogP contribution in [0.5, 0.6) is 5.75 Å². The molecule has 7 heteroatoms. The van der Waals surface area contributed by atoms with Crippen LogP contribution in [0.3, 0.4) is 0 Å². The molecular weight excluding hydrogens is 478 g/mol. The van der Waals surface area contributed by atoms with Gasteiger partial charge in [-0.1, -0.05) is 54.1 Å². The molecule has 0 fully saturated rings. The number of Topliss-reactive ketones (excluding diaryl/α,β-unsaturated/α-hetero) is 1. The third-order valence-electron chi connectivity index (χ3n) is 6.96. The van der Waals surface area contributed by atoms with Crippen molar-refractivity contribution in [3.8, 4) is 5.75 Å². The summed E-state index contributed by atoms with van der Waals surface area (Å²) in [6.45, 7) is 0. The van der Waals surface area contributed by atoms with Crippen molar-refractivity contribution in [1.29, 1.82) is 0 Å². The lowest BCUT2D eigenvalue weighted by Crippen LogP contribution is -2.41. The molecule has 0 aromatic heterocycles. The number of carbonyl (C=O) groups excluding carboxylic acids is 2. The van der Waals surface area contributed by atoms with Crippen LogP contribution in [0, 0.1) is 0 Å². The van der Waals surface area contributed by atoms with Crippen LogP contribution in [0.2, 0.25) is 5.02 Å². The van der Waals surface area contributed by atoms with Gasteiger partial charge in [-0.05, 0) is 53.8 Å². The maximum absolute atomic E-state index is 13.7. The summed E-state index contributed by atoms with van der Waals surface area (Å²) in [5.41, 5.74) is 3.42. The Morgan fingerprint density at radius 3 is 2.33 bits per heavy atom. The molecule has 0 saturated carbocycles. The predicted molar refractivity (Wildman–Crippen MR) is 137 cm³/mol. The smallest absolute Gasteiger partial charge is 0.337 e. The van der Waals surface area contributed by atoms with Crippen molar-refractivity contribution in [1.82, 2.24) is 0 Å². The Bertz CT molecular complexity index is 1380. The van der Waals surface area contributed by atoms with Gasteiger partial charge in [0, 0.05) is 35.7 Å². The number of rotatable bonds is 5. The molecule has 3 aromatic carbocycles. The van der Waals surface area contributed by atoms with E-state index in [0.717, 1.165) is 11.1 Å². The van der Waals surface area contributed by atoms with Gasteiger partial charge in [0.1, 0.15) is 5.75 Å². The summed E-state index contributed by atoms with van der Waals surface area (Å²) in [7, 11) is 1.59. The summed E-state index contributed by atoms with van der Waals surface area (Å²) >= 11 is 6.10. The Kier molecular flexibility index (Phi) is 6.37. The van der Waals surface area contributed by atoms with Crippen LogP contribution < -0.4 is 9.64 Å². The maximum atomic E-state index is 13.7. The number of ketones is 1. The molecule has 182 valence electrons. The van der Waals surface area contributed by atoms with Gasteiger partial charge in [-0.2, -0.15) is 0 Å². The minimum atomic E-state index is -1.18. The Hall–Kier alpha value is -3.90. The van der Waals surface area contributed by atoms with E-state index in [-0.39, 0.29) is 40.5 Å². The molecule has 2 unspecified atom stereocenters. The van der Waals surface area contributed by atoms with Crippen LogP contribution in [-0.2, 0) is 9.59 Å². The minimum absolute atomic E-state index is 0.00385. The predicted octanol–water partition coefficient (Wildman–Crippen LogP) is 5.97. The fourth-order valence-electron chi connectivity index (χ4n) is 5.23. The van der Waals surface area contributed by atoms with Crippen molar-refractivity contribution in [2.75, 3.05) is 12.0 Å². The molecule has 2 aliphatic rings. The first kappa shape index (κ1) is 23.8. The fraction of sp³-hybridized carbons (Fsp3) is 0.207. The van der Waals surface area contributed by atoms with Crippen molar-refractivity contribution in [3.63, 3.8) is 0 Å². The van der Waals surface area contributed by atoms with Crippen molar-refractivity contribution < 1.29 is 24.2 Å². The van der Waals surface area contributed by atoms with Crippen LogP contribution in [0.25, 0.3) is 0 Å². The number of aromatic carboxylic acids is 1. The Balaban J connectivity index is 1.66. The molecule has 36 heavy (non-hydrogen) atoms. The number of methoxy groups -OCH3 is 1. The monoisotopic (exact) mass is 501 g/mol. The summed E-state index contributed by atoms with van der Waals surface area (Å²) in [5, 5.41) is 9.67. The number of carbonyl (C=O) groups is 3. The molecule has 1 heterocycles. The lowest BCUT2D eigenvalue weighted by Gasteiger charge is -2.40. The Morgan fingerprint density at radius 2 is 1.67 bits per heavy atom. The van der Waals surface area contributed by atoms with Gasteiger partial charge < -0.3 is 9.84 Å². The number of hydrogen-bond acceptors (Lipinski definition) is 4. The molecule has 0 spiro atoms. The molecular formula is C29H24ClNO5. The van der Waals surface area contributed by atoms with E-state index in [0.29, 0.717) is 35.5 Å². The standard InChI is InChI=1S/C29H24ClNO5/c1-36-21-10-7-18(8-11-21)22-16-27(33)31(20-9-12-24(30)23(15-20)29(34)35)25-13-19(14-26(32)28(22)25)17-5-3-2-4-6-17/h2-12,15,19,22H,13-14,16H2,1H3,(H,34,35). The van der Waals surface area contributed by atoms with E-state index in [1.54, 1.807) is 13.2 Å². The number of ether oxygens (including phenoxy) is 1. The first-order chi connectivity index (χ1) is 17.4.